The molecule has 12 aromatic carbocycles. The zero-order chi connectivity index (χ0) is 45.0. The van der Waals surface area contributed by atoms with Crippen LogP contribution in [0, 0.1) is 0 Å². The van der Waals surface area contributed by atoms with Crippen LogP contribution in [-0.2, 0) is 0 Å². The fourth-order valence-corrected chi connectivity index (χ4v) is 10.4. The van der Waals surface area contributed by atoms with Crippen LogP contribution < -0.4 is 4.90 Å². The molecule has 0 radical (unpaired) electrons. The van der Waals surface area contributed by atoms with E-state index in [9.17, 15) is 0 Å². The molecule has 2 heteroatoms. The lowest BCUT2D eigenvalue weighted by molar-refractivity contribution is 0.669. The monoisotopic (exact) mass is 865 g/mol. The minimum Gasteiger partial charge on any atom is -0.454 e. The molecule has 0 atom stereocenters. The summed E-state index contributed by atoms with van der Waals surface area (Å²) in [4.78, 5) is 2.35. The van der Waals surface area contributed by atoms with Gasteiger partial charge in [-0.15, -0.1) is 0 Å². The van der Waals surface area contributed by atoms with Gasteiger partial charge in [-0.25, -0.2) is 0 Å². The van der Waals surface area contributed by atoms with Crippen LogP contribution in [0.4, 0.5) is 17.1 Å². The molecule has 0 amide bonds. The molecular weight excluding hydrogens is 823 g/mol. The van der Waals surface area contributed by atoms with Crippen molar-refractivity contribution in [3.8, 4) is 55.6 Å². The van der Waals surface area contributed by atoms with Crippen molar-refractivity contribution < 1.29 is 4.42 Å². The molecule has 13 aromatic rings. The average Bonchev–Trinajstić information content (AvgIpc) is 3.81. The highest BCUT2D eigenvalue weighted by Crippen LogP contribution is 2.47. The second-order valence-corrected chi connectivity index (χ2v) is 17.6. The minimum atomic E-state index is 0.853. The Bertz CT molecular complexity index is 4000. The molecule has 318 valence electrons. The first-order valence-electron chi connectivity index (χ1n) is 23.3. The summed E-state index contributed by atoms with van der Waals surface area (Å²) in [5.41, 5.74) is 16.7. The van der Waals surface area contributed by atoms with Crippen LogP contribution in [0.5, 0.6) is 0 Å². The molecule has 1 heterocycles. The summed E-state index contributed by atoms with van der Waals surface area (Å²) in [6, 6.07) is 94.4. The summed E-state index contributed by atoms with van der Waals surface area (Å²) in [6.07, 6.45) is 0. The Morgan fingerprint density at radius 1 is 0.250 bits per heavy atom. The van der Waals surface area contributed by atoms with E-state index in [-0.39, 0.29) is 0 Å². The minimum absolute atomic E-state index is 0.853. The van der Waals surface area contributed by atoms with Crippen molar-refractivity contribution in [1.82, 2.24) is 0 Å². The maximum Gasteiger partial charge on any atom is 0.159 e. The van der Waals surface area contributed by atoms with Gasteiger partial charge in [-0.2, -0.15) is 0 Å². The first-order chi connectivity index (χ1) is 33.7. The number of hydrogen-bond donors (Lipinski definition) is 0. The van der Waals surface area contributed by atoms with Gasteiger partial charge in [0.25, 0.3) is 0 Å². The van der Waals surface area contributed by atoms with E-state index in [0.717, 1.165) is 55.7 Å². The number of rotatable bonds is 8. The maximum atomic E-state index is 6.73. The first-order valence-corrected chi connectivity index (χ1v) is 23.3. The standard InChI is InChI=1S/C66H43NO/c1-3-16-48(17-4-1)64-59-25-10-9-23-56(59)57-40-37-53(43-61(57)65(64)49-18-5-2-6-19-49)51-21-13-22-55(42-51)67(62-27-14-26-60-58-24-11-12-28-63(58)68-66(60)62)54-38-35-46(36-39-54)45-29-31-47(32-30-45)52-34-33-44-15-7-8-20-50(44)41-52/h1-43H. The van der Waals surface area contributed by atoms with Crippen LogP contribution in [0.2, 0.25) is 0 Å². The molecule has 0 spiro atoms. The Morgan fingerprint density at radius 3 is 1.50 bits per heavy atom. The highest BCUT2D eigenvalue weighted by Gasteiger charge is 2.22. The van der Waals surface area contributed by atoms with Crippen molar-refractivity contribution in [2.75, 3.05) is 4.90 Å². The van der Waals surface area contributed by atoms with Gasteiger partial charge in [-0.1, -0.05) is 212 Å². The van der Waals surface area contributed by atoms with Gasteiger partial charge >= 0.3 is 0 Å². The van der Waals surface area contributed by atoms with Gasteiger partial charge in [0.2, 0.25) is 0 Å². The van der Waals surface area contributed by atoms with Crippen LogP contribution in [0.3, 0.4) is 0 Å². The SMILES string of the molecule is c1ccc(-c2c(-c3ccccc3)c3cc(-c4cccc(N(c5ccc(-c6ccc(-c7ccc8ccccc8c7)cc6)cc5)c5cccc6c5oc5ccccc56)c4)ccc3c3ccccc23)cc1. The summed E-state index contributed by atoms with van der Waals surface area (Å²) < 4.78 is 6.73. The van der Waals surface area contributed by atoms with E-state index in [1.165, 1.54) is 71.3 Å². The largest absolute Gasteiger partial charge is 0.454 e. The fraction of sp³-hybridized carbons (Fsp3) is 0. The first kappa shape index (κ1) is 39.4. The van der Waals surface area contributed by atoms with E-state index in [0.29, 0.717) is 0 Å². The highest BCUT2D eigenvalue weighted by molar-refractivity contribution is 6.22. The number of furan rings is 1. The Labute approximate surface area is 395 Å². The molecule has 68 heavy (non-hydrogen) atoms. The second-order valence-electron chi connectivity index (χ2n) is 17.6. The molecule has 0 unspecified atom stereocenters. The molecular formula is C66H43NO. The average molecular weight is 866 g/mol. The van der Waals surface area contributed by atoms with Gasteiger partial charge in [-0.05, 0) is 136 Å². The number of para-hydroxylation sites is 2. The van der Waals surface area contributed by atoms with Crippen molar-refractivity contribution in [3.05, 3.63) is 261 Å². The van der Waals surface area contributed by atoms with Gasteiger partial charge in [0.1, 0.15) is 5.58 Å². The summed E-state index contributed by atoms with van der Waals surface area (Å²) >= 11 is 0. The molecule has 0 N–H and O–H groups in total. The van der Waals surface area contributed by atoms with E-state index in [2.05, 4.69) is 260 Å². The quantitative estimate of drug-likeness (QED) is 0.142. The predicted octanol–water partition coefficient (Wildman–Crippen LogP) is 18.9. The number of hydrogen-bond acceptors (Lipinski definition) is 2. The molecule has 0 fully saturated rings. The zero-order valence-corrected chi connectivity index (χ0v) is 37.2. The number of benzene rings is 12. The Kier molecular flexibility index (Phi) is 9.54. The second kappa shape index (κ2) is 16.5. The smallest absolute Gasteiger partial charge is 0.159 e. The van der Waals surface area contributed by atoms with Gasteiger partial charge < -0.3 is 9.32 Å². The topological polar surface area (TPSA) is 16.4 Å². The Morgan fingerprint density at radius 2 is 0.750 bits per heavy atom. The zero-order valence-electron chi connectivity index (χ0n) is 37.2. The Balaban J connectivity index is 0.944. The summed E-state index contributed by atoms with van der Waals surface area (Å²) in [5, 5.41) is 9.65. The molecule has 0 saturated carbocycles. The molecule has 0 aliphatic carbocycles. The third kappa shape index (κ3) is 6.82. The summed E-state index contributed by atoms with van der Waals surface area (Å²) in [5.74, 6) is 0. The molecule has 0 aliphatic rings. The van der Waals surface area contributed by atoms with Crippen LogP contribution in [0.25, 0.3) is 110 Å². The molecule has 2 nitrogen and oxygen atoms in total. The molecule has 1 aromatic heterocycles. The molecule has 0 saturated heterocycles. The van der Waals surface area contributed by atoms with Gasteiger partial charge in [0.05, 0.1) is 5.69 Å². The van der Waals surface area contributed by atoms with Crippen molar-refractivity contribution in [2.45, 2.75) is 0 Å². The normalized spacial score (nSPS) is 11.5. The van der Waals surface area contributed by atoms with Gasteiger partial charge in [0.15, 0.2) is 5.58 Å². The van der Waals surface area contributed by atoms with Gasteiger partial charge in [-0.3, -0.25) is 0 Å². The number of fused-ring (bicyclic) bond motifs is 7. The fourth-order valence-electron chi connectivity index (χ4n) is 10.4. The lowest BCUT2D eigenvalue weighted by Gasteiger charge is -2.26. The van der Waals surface area contributed by atoms with Crippen LogP contribution >= 0.6 is 0 Å². The third-order valence-corrected chi connectivity index (χ3v) is 13.6. The molecule has 0 aliphatic heterocycles. The molecule has 0 bridgehead atoms. The van der Waals surface area contributed by atoms with E-state index in [1.807, 2.05) is 6.07 Å². The van der Waals surface area contributed by atoms with E-state index in [1.54, 1.807) is 0 Å². The van der Waals surface area contributed by atoms with Crippen molar-refractivity contribution in [3.63, 3.8) is 0 Å². The summed E-state index contributed by atoms with van der Waals surface area (Å²) in [6.45, 7) is 0. The number of anilines is 3. The Hall–Kier alpha value is -8.98. The van der Waals surface area contributed by atoms with E-state index >= 15 is 0 Å². The van der Waals surface area contributed by atoms with E-state index < -0.39 is 0 Å². The van der Waals surface area contributed by atoms with Crippen molar-refractivity contribution in [1.29, 1.82) is 0 Å². The lowest BCUT2D eigenvalue weighted by atomic mass is 9.84. The lowest BCUT2D eigenvalue weighted by Crippen LogP contribution is -2.10. The predicted molar refractivity (Wildman–Crippen MR) is 288 cm³/mol. The van der Waals surface area contributed by atoms with Crippen LogP contribution in [0.15, 0.2) is 265 Å². The summed E-state index contributed by atoms with van der Waals surface area (Å²) in [7, 11) is 0. The van der Waals surface area contributed by atoms with Crippen molar-refractivity contribution >= 4 is 71.3 Å². The molecule has 13 rings (SSSR count). The van der Waals surface area contributed by atoms with Gasteiger partial charge in [0, 0.05) is 22.1 Å². The van der Waals surface area contributed by atoms with Crippen LogP contribution in [-0.4, -0.2) is 0 Å². The van der Waals surface area contributed by atoms with Crippen molar-refractivity contribution in [2.24, 2.45) is 0 Å². The van der Waals surface area contributed by atoms with Crippen LogP contribution in [0.1, 0.15) is 0 Å². The number of nitrogens with zero attached hydrogens (tertiary/aromatic N) is 1. The third-order valence-electron chi connectivity index (χ3n) is 13.6. The highest BCUT2D eigenvalue weighted by atomic mass is 16.3. The van der Waals surface area contributed by atoms with E-state index in [4.69, 9.17) is 4.42 Å². The maximum absolute atomic E-state index is 6.73.